The van der Waals surface area contributed by atoms with Crippen LogP contribution in [0.3, 0.4) is 0 Å². The summed E-state index contributed by atoms with van der Waals surface area (Å²) in [6, 6.07) is 16.1. The minimum absolute atomic E-state index is 0.0740. The van der Waals surface area contributed by atoms with Crippen molar-refractivity contribution in [1.29, 1.82) is 0 Å². The van der Waals surface area contributed by atoms with Crippen LogP contribution in [0.2, 0.25) is 0 Å². The third-order valence-electron chi connectivity index (χ3n) is 5.76. The second kappa shape index (κ2) is 10.8. The Bertz CT molecular complexity index is 1180. The van der Waals surface area contributed by atoms with Gasteiger partial charge < -0.3 is 10.1 Å². The van der Waals surface area contributed by atoms with Gasteiger partial charge in [0, 0.05) is 31.2 Å². The minimum Gasteiger partial charge on any atom is -0.504 e. The van der Waals surface area contributed by atoms with E-state index in [0.29, 0.717) is 34.5 Å². The molecule has 176 valence electrons. The molecule has 1 aromatic heterocycles. The summed E-state index contributed by atoms with van der Waals surface area (Å²) in [6.07, 6.45) is 0.940. The van der Waals surface area contributed by atoms with Gasteiger partial charge in [0.15, 0.2) is 0 Å². The molecule has 4 rings (SSSR count). The minimum atomic E-state index is -0.0740. The van der Waals surface area contributed by atoms with Crippen molar-refractivity contribution >= 4 is 22.9 Å². The highest BCUT2D eigenvalue weighted by atomic mass is 32.1. The van der Waals surface area contributed by atoms with Crippen LogP contribution in [0.5, 0.6) is 5.75 Å². The Kier molecular flexibility index (Phi) is 7.61. The van der Waals surface area contributed by atoms with E-state index in [9.17, 15) is 4.79 Å². The van der Waals surface area contributed by atoms with Gasteiger partial charge in [0.05, 0.1) is 18.9 Å². The Hall–Kier alpha value is -3.21. The summed E-state index contributed by atoms with van der Waals surface area (Å²) in [5, 5.41) is 3.93. The average molecular weight is 475 g/mol. The molecule has 0 spiro atoms. The number of ether oxygens (including phenoxy) is 1. The van der Waals surface area contributed by atoms with Gasteiger partial charge in [-0.15, -0.1) is 11.3 Å². The standard InChI is InChI=1S/C27H30N4O2S/c1-18(2)17-33-24-11-10-21(14-23(24)28-4)27-29-19(3)25(34-27)26(32)30-22-12-13-31(16-22)15-20-8-6-5-7-9-20/h5-11,14,18,22H,12-13,15-17H2,1-3H3,(H,30,32). The second-order valence-electron chi connectivity index (χ2n) is 9.11. The fourth-order valence-electron chi connectivity index (χ4n) is 4.03. The molecule has 0 aliphatic carbocycles. The number of nitrogens with one attached hydrogen (secondary N) is 1. The van der Waals surface area contributed by atoms with Crippen molar-refractivity contribution in [1.82, 2.24) is 15.2 Å². The predicted octanol–water partition coefficient (Wildman–Crippen LogP) is 5.71. The summed E-state index contributed by atoms with van der Waals surface area (Å²) >= 11 is 1.37. The fourth-order valence-corrected chi connectivity index (χ4v) is 5.00. The number of nitrogens with zero attached hydrogens (tertiary/aromatic N) is 3. The number of aromatic nitrogens is 1. The molecule has 2 heterocycles. The highest BCUT2D eigenvalue weighted by Gasteiger charge is 2.26. The van der Waals surface area contributed by atoms with E-state index in [0.717, 1.165) is 36.6 Å². The number of hydrogen-bond donors (Lipinski definition) is 1. The Morgan fingerprint density at radius 3 is 2.82 bits per heavy atom. The number of aryl methyl sites for hydroxylation is 1. The number of carbonyl (C=O) groups is 1. The first-order valence-corrected chi connectivity index (χ1v) is 12.4. The molecule has 34 heavy (non-hydrogen) atoms. The first-order valence-electron chi connectivity index (χ1n) is 11.6. The second-order valence-corrected chi connectivity index (χ2v) is 10.1. The summed E-state index contributed by atoms with van der Waals surface area (Å²) in [7, 11) is 0. The quantitative estimate of drug-likeness (QED) is 0.425. The topological polar surface area (TPSA) is 58.8 Å². The molecule has 1 aliphatic rings. The van der Waals surface area contributed by atoms with E-state index in [1.807, 2.05) is 25.1 Å². The molecule has 2 aromatic carbocycles. The van der Waals surface area contributed by atoms with Gasteiger partial charge >= 0.3 is 0 Å². The molecule has 0 radical (unpaired) electrons. The van der Waals surface area contributed by atoms with Gasteiger partial charge in [-0.3, -0.25) is 9.69 Å². The lowest BCUT2D eigenvalue weighted by Gasteiger charge is -2.16. The first-order chi connectivity index (χ1) is 16.4. The van der Waals surface area contributed by atoms with E-state index in [2.05, 4.69) is 58.2 Å². The van der Waals surface area contributed by atoms with Crippen molar-refractivity contribution in [3.63, 3.8) is 0 Å². The lowest BCUT2D eigenvalue weighted by Crippen LogP contribution is -2.36. The molecule has 1 amide bonds. The molecule has 3 aromatic rings. The van der Waals surface area contributed by atoms with Crippen LogP contribution in [0.15, 0.2) is 48.5 Å². The number of rotatable bonds is 8. The number of amides is 1. The Morgan fingerprint density at radius 2 is 2.09 bits per heavy atom. The van der Waals surface area contributed by atoms with Gasteiger partial charge in [-0.25, -0.2) is 9.83 Å². The molecule has 1 saturated heterocycles. The maximum absolute atomic E-state index is 13.0. The maximum Gasteiger partial charge on any atom is 0.263 e. The third-order valence-corrected chi connectivity index (χ3v) is 6.96. The molecule has 1 N–H and O–H groups in total. The molecular weight excluding hydrogens is 444 g/mol. The van der Waals surface area contributed by atoms with Gasteiger partial charge in [0.1, 0.15) is 15.6 Å². The van der Waals surface area contributed by atoms with Crippen LogP contribution in [0.4, 0.5) is 5.69 Å². The van der Waals surface area contributed by atoms with Gasteiger partial charge in [-0.05, 0) is 37.0 Å². The monoisotopic (exact) mass is 474 g/mol. The normalized spacial score (nSPS) is 15.9. The van der Waals surface area contributed by atoms with Crippen molar-refractivity contribution in [3.05, 3.63) is 76.1 Å². The van der Waals surface area contributed by atoms with Gasteiger partial charge in [-0.1, -0.05) is 50.2 Å². The van der Waals surface area contributed by atoms with Gasteiger partial charge in [0.2, 0.25) is 5.69 Å². The van der Waals surface area contributed by atoms with Gasteiger partial charge in [0.25, 0.3) is 5.91 Å². The summed E-state index contributed by atoms with van der Waals surface area (Å²) in [5.41, 5.74) is 3.28. The van der Waals surface area contributed by atoms with Crippen molar-refractivity contribution in [2.45, 2.75) is 39.8 Å². The molecule has 0 bridgehead atoms. The van der Waals surface area contributed by atoms with E-state index in [-0.39, 0.29) is 11.9 Å². The lowest BCUT2D eigenvalue weighted by molar-refractivity contribution is 0.0941. The third kappa shape index (κ3) is 5.82. The zero-order chi connectivity index (χ0) is 24.1. The van der Waals surface area contributed by atoms with Crippen LogP contribution in [0, 0.1) is 19.4 Å². The number of benzene rings is 2. The Labute approximate surface area is 205 Å². The summed E-state index contributed by atoms with van der Waals surface area (Å²) in [5.74, 6) is 0.890. The Balaban J connectivity index is 1.41. The first kappa shape index (κ1) is 23.9. The van der Waals surface area contributed by atoms with E-state index < -0.39 is 0 Å². The summed E-state index contributed by atoms with van der Waals surface area (Å²) < 4.78 is 5.77. The van der Waals surface area contributed by atoms with Gasteiger partial charge in [-0.2, -0.15) is 0 Å². The van der Waals surface area contributed by atoms with Crippen LogP contribution in [0.25, 0.3) is 15.4 Å². The van der Waals surface area contributed by atoms with E-state index in [1.54, 1.807) is 6.07 Å². The van der Waals surface area contributed by atoms with Crippen molar-refractivity contribution in [3.8, 4) is 16.3 Å². The highest BCUT2D eigenvalue weighted by molar-refractivity contribution is 7.17. The van der Waals surface area contributed by atoms with E-state index >= 15 is 0 Å². The zero-order valence-corrected chi connectivity index (χ0v) is 20.7. The molecule has 1 fully saturated rings. The number of likely N-dealkylation sites (tertiary alicyclic amines) is 1. The predicted molar refractivity (Wildman–Crippen MR) is 136 cm³/mol. The molecule has 1 atom stereocenters. The summed E-state index contributed by atoms with van der Waals surface area (Å²) in [6.45, 7) is 16.8. The molecule has 7 heteroatoms. The van der Waals surface area contributed by atoms with Crippen LogP contribution in [0.1, 0.15) is 41.2 Å². The molecule has 1 unspecified atom stereocenters. The average Bonchev–Trinajstić information content (AvgIpc) is 3.44. The molecule has 6 nitrogen and oxygen atoms in total. The zero-order valence-electron chi connectivity index (χ0n) is 19.9. The van der Waals surface area contributed by atoms with E-state index in [1.165, 1.54) is 16.9 Å². The molecule has 0 saturated carbocycles. The molecular formula is C27H30N4O2S. The van der Waals surface area contributed by atoms with Crippen LogP contribution in [-0.4, -0.2) is 41.5 Å². The largest absolute Gasteiger partial charge is 0.504 e. The maximum atomic E-state index is 13.0. The smallest absolute Gasteiger partial charge is 0.263 e. The molecule has 1 aliphatic heterocycles. The van der Waals surface area contributed by atoms with E-state index in [4.69, 9.17) is 11.3 Å². The number of hydrogen-bond acceptors (Lipinski definition) is 5. The summed E-state index contributed by atoms with van der Waals surface area (Å²) in [4.78, 5) is 24.3. The lowest BCUT2D eigenvalue weighted by atomic mass is 10.2. The van der Waals surface area contributed by atoms with Crippen LogP contribution in [-0.2, 0) is 6.54 Å². The van der Waals surface area contributed by atoms with Crippen LogP contribution < -0.4 is 10.1 Å². The highest BCUT2D eigenvalue weighted by Crippen LogP contribution is 2.35. The number of thiazole rings is 1. The van der Waals surface area contributed by atoms with Crippen molar-refractivity contribution in [2.24, 2.45) is 5.92 Å². The number of carbonyl (C=O) groups excluding carboxylic acids is 1. The SMILES string of the molecule is [C-]#[N+]c1cc(-c2nc(C)c(C(=O)NC3CCN(Cc4ccccc4)C3)s2)ccc1OCC(C)C. The van der Waals surface area contributed by atoms with Crippen LogP contribution >= 0.6 is 11.3 Å². The fraction of sp³-hybridized carbons (Fsp3) is 0.370. The van der Waals surface area contributed by atoms with Crippen molar-refractivity contribution < 1.29 is 9.53 Å². The Morgan fingerprint density at radius 1 is 1.29 bits per heavy atom. The van der Waals surface area contributed by atoms with Crippen molar-refractivity contribution in [2.75, 3.05) is 19.7 Å².